The molecule has 3 aromatic heterocycles. The Bertz CT molecular complexity index is 1070. The molecular weight excluding hydrogens is 390 g/mol. The molecule has 0 aliphatic carbocycles. The van der Waals surface area contributed by atoms with Gasteiger partial charge in [0.2, 0.25) is 5.91 Å². The van der Waals surface area contributed by atoms with E-state index >= 15 is 0 Å². The second-order valence-corrected chi connectivity index (χ2v) is 8.50. The van der Waals surface area contributed by atoms with Gasteiger partial charge in [0, 0.05) is 35.5 Å². The number of thiophene rings is 1. The van der Waals surface area contributed by atoms with Crippen molar-refractivity contribution < 1.29 is 9.32 Å². The fraction of sp³-hybridized carbons (Fsp3) is 0.238. The third-order valence-corrected chi connectivity index (χ3v) is 6.37. The average molecular weight is 412 g/mol. The van der Waals surface area contributed by atoms with Crippen LogP contribution in [0.1, 0.15) is 16.8 Å². The van der Waals surface area contributed by atoms with E-state index in [2.05, 4.69) is 40.6 Å². The molecule has 0 aliphatic heterocycles. The Kier molecular flexibility index (Phi) is 5.83. The highest BCUT2D eigenvalue weighted by Crippen LogP contribution is 2.26. The SMILES string of the molecule is Cc1cccc2[nH]cc(CCNC(=O)CSCc3cc(-c4cccs4)on3)c12. The van der Waals surface area contributed by atoms with E-state index in [-0.39, 0.29) is 5.91 Å². The van der Waals surface area contributed by atoms with Crippen molar-refractivity contribution in [2.75, 3.05) is 12.3 Å². The van der Waals surface area contributed by atoms with E-state index < -0.39 is 0 Å². The van der Waals surface area contributed by atoms with Crippen molar-refractivity contribution in [3.63, 3.8) is 0 Å². The lowest BCUT2D eigenvalue weighted by atomic mass is 10.1. The largest absolute Gasteiger partial charge is 0.361 e. The van der Waals surface area contributed by atoms with Gasteiger partial charge < -0.3 is 14.8 Å². The minimum absolute atomic E-state index is 0.0449. The van der Waals surface area contributed by atoms with Crippen LogP contribution in [-0.2, 0) is 17.0 Å². The smallest absolute Gasteiger partial charge is 0.230 e. The maximum absolute atomic E-state index is 12.1. The number of aromatic nitrogens is 2. The number of hydrogen-bond donors (Lipinski definition) is 2. The van der Waals surface area contributed by atoms with Crippen molar-refractivity contribution in [2.45, 2.75) is 19.1 Å². The highest BCUT2D eigenvalue weighted by molar-refractivity contribution is 7.99. The molecule has 2 N–H and O–H groups in total. The summed E-state index contributed by atoms with van der Waals surface area (Å²) in [5.41, 5.74) is 4.50. The van der Waals surface area contributed by atoms with E-state index in [0.29, 0.717) is 18.1 Å². The van der Waals surface area contributed by atoms with Crippen LogP contribution in [0.3, 0.4) is 0 Å². The van der Waals surface area contributed by atoms with Crippen LogP contribution < -0.4 is 5.32 Å². The second-order valence-electron chi connectivity index (χ2n) is 6.56. The molecule has 0 unspecified atom stereocenters. The van der Waals surface area contributed by atoms with Crippen LogP contribution in [0, 0.1) is 6.92 Å². The standard InChI is InChI=1S/C21H21N3O2S2/c1-14-4-2-5-17-21(14)15(11-23-17)7-8-22-20(25)13-27-12-16-10-18(26-24-16)19-6-3-9-28-19/h2-6,9-11,23H,7-8,12-13H2,1H3,(H,22,25). The molecule has 0 radical (unpaired) electrons. The molecule has 0 aliphatic rings. The molecule has 3 heterocycles. The van der Waals surface area contributed by atoms with Crippen LogP contribution in [0.15, 0.2) is 52.5 Å². The first-order valence-electron chi connectivity index (χ1n) is 9.10. The minimum Gasteiger partial charge on any atom is -0.361 e. The van der Waals surface area contributed by atoms with Gasteiger partial charge in [0.1, 0.15) is 0 Å². The van der Waals surface area contributed by atoms with Crippen molar-refractivity contribution in [1.82, 2.24) is 15.5 Å². The summed E-state index contributed by atoms with van der Waals surface area (Å²) in [5, 5.41) is 10.4. The summed E-state index contributed by atoms with van der Waals surface area (Å²) >= 11 is 3.16. The molecule has 0 spiro atoms. The maximum atomic E-state index is 12.1. The van der Waals surface area contributed by atoms with E-state index in [1.165, 1.54) is 16.5 Å². The summed E-state index contributed by atoms with van der Waals surface area (Å²) in [7, 11) is 0. The Morgan fingerprint density at radius 3 is 3.11 bits per heavy atom. The van der Waals surface area contributed by atoms with Crippen molar-refractivity contribution in [3.05, 3.63) is 64.8 Å². The van der Waals surface area contributed by atoms with E-state index in [1.54, 1.807) is 23.1 Å². The number of aromatic amines is 1. The third-order valence-electron chi connectivity index (χ3n) is 4.52. The fourth-order valence-corrected chi connectivity index (χ4v) is 4.61. The molecule has 7 heteroatoms. The number of carbonyl (C=O) groups is 1. The number of nitrogens with zero attached hydrogens (tertiary/aromatic N) is 1. The molecule has 0 saturated carbocycles. The first-order chi connectivity index (χ1) is 13.7. The van der Waals surface area contributed by atoms with E-state index in [1.807, 2.05) is 29.8 Å². The number of aryl methyl sites for hydroxylation is 1. The second kappa shape index (κ2) is 8.67. The lowest BCUT2D eigenvalue weighted by Crippen LogP contribution is -2.27. The van der Waals surface area contributed by atoms with Crippen molar-refractivity contribution in [2.24, 2.45) is 0 Å². The minimum atomic E-state index is 0.0449. The monoisotopic (exact) mass is 411 g/mol. The molecule has 28 heavy (non-hydrogen) atoms. The van der Waals surface area contributed by atoms with Crippen molar-refractivity contribution in [3.8, 4) is 10.6 Å². The number of hydrogen-bond acceptors (Lipinski definition) is 5. The first-order valence-corrected chi connectivity index (χ1v) is 11.1. The Morgan fingerprint density at radius 2 is 2.25 bits per heavy atom. The van der Waals surface area contributed by atoms with E-state index in [0.717, 1.165) is 28.3 Å². The van der Waals surface area contributed by atoms with Gasteiger partial charge in [-0.05, 0) is 42.0 Å². The topological polar surface area (TPSA) is 70.9 Å². The highest BCUT2D eigenvalue weighted by Gasteiger charge is 2.10. The molecule has 0 bridgehead atoms. The Hall–Kier alpha value is -2.51. The molecule has 0 fully saturated rings. The zero-order valence-electron chi connectivity index (χ0n) is 15.5. The van der Waals surface area contributed by atoms with Crippen LogP contribution >= 0.6 is 23.1 Å². The fourth-order valence-electron chi connectivity index (χ4n) is 3.20. The maximum Gasteiger partial charge on any atom is 0.230 e. The summed E-state index contributed by atoms with van der Waals surface area (Å²) in [6.45, 7) is 2.75. The predicted octanol–water partition coefficient (Wildman–Crippen LogP) is 4.78. The van der Waals surface area contributed by atoms with Crippen LogP contribution in [0.25, 0.3) is 21.5 Å². The number of carbonyl (C=O) groups excluding carboxylic acids is 1. The molecule has 144 valence electrons. The summed E-state index contributed by atoms with van der Waals surface area (Å²) in [6, 6.07) is 12.2. The number of thioether (sulfide) groups is 1. The third kappa shape index (κ3) is 4.31. The van der Waals surface area contributed by atoms with Gasteiger partial charge >= 0.3 is 0 Å². The van der Waals surface area contributed by atoms with Gasteiger partial charge in [0.25, 0.3) is 0 Å². The van der Waals surface area contributed by atoms with E-state index in [9.17, 15) is 4.79 Å². The highest BCUT2D eigenvalue weighted by atomic mass is 32.2. The number of H-pyrrole nitrogens is 1. The number of benzene rings is 1. The Morgan fingerprint density at radius 1 is 1.32 bits per heavy atom. The summed E-state index contributed by atoms with van der Waals surface area (Å²) < 4.78 is 5.36. The lowest BCUT2D eigenvalue weighted by molar-refractivity contribution is -0.118. The van der Waals surface area contributed by atoms with Crippen LogP contribution in [0.2, 0.25) is 0 Å². The lowest BCUT2D eigenvalue weighted by Gasteiger charge is -2.05. The van der Waals surface area contributed by atoms with Crippen molar-refractivity contribution >= 4 is 39.9 Å². The molecule has 0 atom stereocenters. The molecule has 4 aromatic rings. The van der Waals surface area contributed by atoms with Gasteiger partial charge in [0.05, 0.1) is 16.3 Å². The first kappa shape index (κ1) is 18.8. The molecule has 1 aromatic carbocycles. The van der Waals surface area contributed by atoms with Gasteiger partial charge in [-0.3, -0.25) is 4.79 Å². The molecule has 0 saturated heterocycles. The quantitative estimate of drug-likeness (QED) is 0.437. The van der Waals surface area contributed by atoms with Gasteiger partial charge in [0.15, 0.2) is 5.76 Å². The molecule has 4 rings (SSSR count). The number of fused-ring (bicyclic) bond motifs is 1. The molecule has 5 nitrogen and oxygen atoms in total. The zero-order chi connectivity index (χ0) is 19.3. The predicted molar refractivity (Wildman–Crippen MR) is 116 cm³/mol. The molecular formula is C21H21N3O2S2. The van der Waals surface area contributed by atoms with Gasteiger partial charge in [-0.15, -0.1) is 23.1 Å². The van der Waals surface area contributed by atoms with Gasteiger partial charge in [-0.1, -0.05) is 23.4 Å². The van der Waals surface area contributed by atoms with E-state index in [4.69, 9.17) is 4.52 Å². The Labute approximate surface area is 171 Å². The average Bonchev–Trinajstić information content (AvgIpc) is 3.43. The van der Waals surface area contributed by atoms with Crippen molar-refractivity contribution in [1.29, 1.82) is 0 Å². The number of amides is 1. The number of rotatable bonds is 8. The summed E-state index contributed by atoms with van der Waals surface area (Å²) in [6.07, 6.45) is 2.85. The summed E-state index contributed by atoms with van der Waals surface area (Å²) in [5.74, 6) is 1.89. The number of nitrogens with one attached hydrogen (secondary N) is 2. The van der Waals surface area contributed by atoms with Gasteiger partial charge in [-0.25, -0.2) is 0 Å². The molecule has 1 amide bonds. The zero-order valence-corrected chi connectivity index (χ0v) is 17.2. The van der Waals surface area contributed by atoms with Crippen LogP contribution in [0.5, 0.6) is 0 Å². The van der Waals surface area contributed by atoms with Gasteiger partial charge in [-0.2, -0.15) is 0 Å². The van der Waals surface area contributed by atoms with Crippen LogP contribution in [-0.4, -0.2) is 28.3 Å². The summed E-state index contributed by atoms with van der Waals surface area (Å²) in [4.78, 5) is 16.5. The Balaban J connectivity index is 1.21. The van der Waals surface area contributed by atoms with Crippen LogP contribution in [0.4, 0.5) is 0 Å². The normalized spacial score (nSPS) is 11.2.